The smallest absolute Gasteiger partial charge is 0.283 e. The molecule has 0 bridgehead atoms. The number of primary amides is 1. The number of ether oxygens (including phenoxy) is 1. The number of fused-ring (bicyclic) bond motifs is 1. The van der Waals surface area contributed by atoms with Gasteiger partial charge in [-0.25, -0.2) is 0 Å². The van der Waals surface area contributed by atoms with Crippen molar-refractivity contribution in [1.29, 1.82) is 0 Å². The molecule has 4 nitrogen and oxygen atoms in total. The molecule has 0 aliphatic rings. The molecule has 0 aliphatic carbocycles. The van der Waals surface area contributed by atoms with E-state index >= 15 is 0 Å². The second kappa shape index (κ2) is 6.03. The third-order valence-electron chi connectivity index (χ3n) is 2.67. The summed E-state index contributed by atoms with van der Waals surface area (Å²) in [5.74, 6) is -0.532. The van der Waals surface area contributed by atoms with E-state index in [-0.39, 0.29) is 5.76 Å². The summed E-state index contributed by atoms with van der Waals surface area (Å²) >= 11 is 11.9. The van der Waals surface area contributed by atoms with E-state index in [0.717, 1.165) is 16.6 Å². The molecule has 0 unspecified atom stereocenters. The van der Waals surface area contributed by atoms with Crippen LogP contribution in [0.25, 0.3) is 17.0 Å². The molecule has 104 valence electrons. The SMILES string of the molecule is COC(=CC=Cc1cc2cc(Cl)c(Cl)cc2[nH]1)C(N)=O. The minimum Gasteiger partial charge on any atom is -0.491 e. The van der Waals surface area contributed by atoms with E-state index in [0.29, 0.717) is 10.0 Å². The number of nitrogens with two attached hydrogens (primary N) is 1. The van der Waals surface area contributed by atoms with Crippen LogP contribution in [-0.4, -0.2) is 18.0 Å². The van der Waals surface area contributed by atoms with Gasteiger partial charge in [0.05, 0.1) is 17.2 Å². The highest BCUT2D eigenvalue weighted by atomic mass is 35.5. The highest BCUT2D eigenvalue weighted by Crippen LogP contribution is 2.28. The van der Waals surface area contributed by atoms with Gasteiger partial charge in [0.2, 0.25) is 0 Å². The number of amides is 1. The molecule has 0 atom stereocenters. The maximum atomic E-state index is 10.9. The normalized spacial score (nSPS) is 12.2. The Morgan fingerprint density at radius 3 is 2.65 bits per heavy atom. The summed E-state index contributed by atoms with van der Waals surface area (Å²) in [6.07, 6.45) is 4.94. The van der Waals surface area contributed by atoms with E-state index in [9.17, 15) is 4.79 Å². The quantitative estimate of drug-likeness (QED) is 0.515. The summed E-state index contributed by atoms with van der Waals surface area (Å²) in [5, 5.41) is 1.95. The monoisotopic (exact) mass is 310 g/mol. The molecule has 20 heavy (non-hydrogen) atoms. The summed E-state index contributed by atoms with van der Waals surface area (Å²) in [4.78, 5) is 14.1. The third kappa shape index (κ3) is 3.15. The maximum Gasteiger partial charge on any atom is 0.283 e. The van der Waals surface area contributed by atoms with Crippen molar-refractivity contribution in [2.75, 3.05) is 7.11 Å². The van der Waals surface area contributed by atoms with Gasteiger partial charge < -0.3 is 15.5 Å². The second-order valence-corrected chi connectivity index (χ2v) is 4.85. The number of allylic oxidation sites excluding steroid dienone is 2. The molecule has 2 aromatic rings. The molecule has 3 N–H and O–H groups in total. The van der Waals surface area contributed by atoms with Gasteiger partial charge in [-0.3, -0.25) is 4.79 Å². The van der Waals surface area contributed by atoms with Crippen LogP contribution in [0.4, 0.5) is 0 Å². The van der Waals surface area contributed by atoms with Crippen molar-refractivity contribution in [3.05, 3.63) is 51.8 Å². The summed E-state index contributed by atoms with van der Waals surface area (Å²) in [5.41, 5.74) is 6.84. The topological polar surface area (TPSA) is 68.1 Å². The summed E-state index contributed by atoms with van der Waals surface area (Å²) in [7, 11) is 1.39. The predicted octanol–water partition coefficient (Wildman–Crippen LogP) is 3.50. The van der Waals surface area contributed by atoms with Crippen LogP contribution in [0.15, 0.2) is 36.1 Å². The first-order valence-corrected chi connectivity index (χ1v) is 6.47. The van der Waals surface area contributed by atoms with Crippen molar-refractivity contribution in [3.63, 3.8) is 0 Å². The lowest BCUT2D eigenvalue weighted by molar-refractivity contribution is -0.117. The molecular weight excluding hydrogens is 299 g/mol. The number of halogens is 2. The van der Waals surface area contributed by atoms with Crippen LogP contribution < -0.4 is 5.73 Å². The highest BCUT2D eigenvalue weighted by molar-refractivity contribution is 6.42. The zero-order valence-corrected chi connectivity index (χ0v) is 12.1. The molecule has 1 aromatic carbocycles. The molecule has 0 fully saturated rings. The molecule has 0 spiro atoms. The van der Waals surface area contributed by atoms with Crippen LogP contribution >= 0.6 is 23.2 Å². The van der Waals surface area contributed by atoms with Crippen LogP contribution in [0.1, 0.15) is 5.69 Å². The molecule has 6 heteroatoms. The van der Waals surface area contributed by atoms with Gasteiger partial charge in [-0.1, -0.05) is 29.3 Å². The molecule has 1 aromatic heterocycles. The Balaban J connectivity index is 2.28. The number of benzene rings is 1. The number of rotatable bonds is 4. The fourth-order valence-electron chi connectivity index (χ4n) is 1.73. The lowest BCUT2D eigenvalue weighted by Crippen LogP contribution is -2.14. The first-order chi connectivity index (χ1) is 9.51. The Hall–Kier alpha value is -1.91. The molecule has 1 heterocycles. The first kappa shape index (κ1) is 14.5. The fraction of sp³-hybridized carbons (Fsp3) is 0.0714. The zero-order valence-electron chi connectivity index (χ0n) is 10.6. The molecule has 1 amide bonds. The van der Waals surface area contributed by atoms with E-state index in [4.69, 9.17) is 33.7 Å². The minimum atomic E-state index is -0.618. The van der Waals surface area contributed by atoms with E-state index in [1.165, 1.54) is 13.2 Å². The van der Waals surface area contributed by atoms with Gasteiger partial charge in [-0.2, -0.15) is 0 Å². The summed E-state index contributed by atoms with van der Waals surface area (Å²) in [6.45, 7) is 0. The van der Waals surface area contributed by atoms with Crippen molar-refractivity contribution in [3.8, 4) is 0 Å². The molecule has 0 aliphatic heterocycles. The van der Waals surface area contributed by atoms with Crippen LogP contribution in [0.3, 0.4) is 0 Å². The van der Waals surface area contributed by atoms with Gasteiger partial charge in [-0.05, 0) is 30.4 Å². The lowest BCUT2D eigenvalue weighted by Gasteiger charge is -1.97. The van der Waals surface area contributed by atoms with E-state index in [1.807, 2.05) is 6.07 Å². The van der Waals surface area contributed by atoms with Crippen LogP contribution in [0.2, 0.25) is 10.0 Å². The molecule has 0 saturated heterocycles. The lowest BCUT2D eigenvalue weighted by atomic mass is 10.2. The van der Waals surface area contributed by atoms with Gasteiger partial charge in [0, 0.05) is 16.6 Å². The average molecular weight is 311 g/mol. The third-order valence-corrected chi connectivity index (χ3v) is 3.39. The van der Waals surface area contributed by atoms with Crippen molar-refractivity contribution in [2.24, 2.45) is 5.73 Å². The highest BCUT2D eigenvalue weighted by Gasteiger charge is 2.04. The van der Waals surface area contributed by atoms with Crippen molar-refractivity contribution >= 4 is 46.1 Å². The number of methoxy groups -OCH3 is 1. The minimum absolute atomic E-state index is 0.0865. The number of carbonyl (C=O) groups excluding carboxylic acids is 1. The van der Waals surface area contributed by atoms with Crippen LogP contribution in [-0.2, 0) is 9.53 Å². The van der Waals surface area contributed by atoms with Gasteiger partial charge in [0.15, 0.2) is 5.76 Å². The second-order valence-electron chi connectivity index (χ2n) is 4.04. The molecule has 0 radical (unpaired) electrons. The number of H-pyrrole nitrogens is 1. The Kier molecular flexibility index (Phi) is 4.37. The number of hydrogen-bond acceptors (Lipinski definition) is 2. The van der Waals surface area contributed by atoms with Crippen LogP contribution in [0, 0.1) is 0 Å². The number of aromatic amines is 1. The van der Waals surface area contributed by atoms with Crippen molar-refractivity contribution in [1.82, 2.24) is 4.98 Å². The van der Waals surface area contributed by atoms with Gasteiger partial charge in [0.25, 0.3) is 5.91 Å². The van der Waals surface area contributed by atoms with Gasteiger partial charge in [0.1, 0.15) is 0 Å². The summed E-state index contributed by atoms with van der Waals surface area (Å²) in [6, 6.07) is 5.46. The zero-order chi connectivity index (χ0) is 14.7. The molecule has 2 rings (SSSR count). The fourth-order valence-corrected chi connectivity index (χ4v) is 2.06. The number of aromatic nitrogens is 1. The standard InChI is InChI=1S/C14H12Cl2N2O2/c1-20-13(14(17)19)4-2-3-9-5-8-6-10(15)11(16)7-12(8)18-9/h2-7,18H,1H3,(H2,17,19). The van der Waals surface area contributed by atoms with E-state index in [1.54, 1.807) is 24.3 Å². The largest absolute Gasteiger partial charge is 0.491 e. The Bertz CT molecular complexity index is 678. The van der Waals surface area contributed by atoms with Gasteiger partial charge in [-0.15, -0.1) is 0 Å². The molecule has 0 saturated carbocycles. The van der Waals surface area contributed by atoms with Crippen molar-refractivity contribution in [2.45, 2.75) is 0 Å². The van der Waals surface area contributed by atoms with Gasteiger partial charge >= 0.3 is 0 Å². The van der Waals surface area contributed by atoms with Crippen molar-refractivity contribution < 1.29 is 9.53 Å². The average Bonchev–Trinajstić information content (AvgIpc) is 2.76. The van der Waals surface area contributed by atoms with E-state index in [2.05, 4.69) is 4.98 Å². The van der Waals surface area contributed by atoms with Crippen LogP contribution in [0.5, 0.6) is 0 Å². The Morgan fingerprint density at radius 2 is 2.00 bits per heavy atom. The first-order valence-electron chi connectivity index (χ1n) is 5.71. The Labute approximate surface area is 125 Å². The summed E-state index contributed by atoms with van der Waals surface area (Å²) < 4.78 is 4.83. The van der Waals surface area contributed by atoms with E-state index < -0.39 is 5.91 Å². The predicted molar refractivity (Wildman–Crippen MR) is 81.6 cm³/mol. The number of nitrogens with one attached hydrogen (secondary N) is 1. The Morgan fingerprint density at radius 1 is 1.30 bits per heavy atom. The maximum absolute atomic E-state index is 10.9. The number of carbonyl (C=O) groups is 1. The molecular formula is C14H12Cl2N2O2. The number of hydrogen-bond donors (Lipinski definition) is 2.